The van der Waals surface area contributed by atoms with Gasteiger partial charge >= 0.3 is 0 Å². The number of hydrogen-bond donors (Lipinski definition) is 1. The van der Waals surface area contributed by atoms with Crippen molar-refractivity contribution in [3.63, 3.8) is 0 Å². The third-order valence-corrected chi connectivity index (χ3v) is 0.667. The van der Waals surface area contributed by atoms with Crippen LogP contribution in [-0.4, -0.2) is 12.2 Å². The van der Waals surface area contributed by atoms with Crippen LogP contribution in [0, 0.1) is 0 Å². The Kier molecular flexibility index (Phi) is 160. The van der Waals surface area contributed by atoms with Gasteiger partial charge in [-0.2, -0.15) is 0 Å². The number of aliphatic hydroxyl groups excluding tert-OH is 1. The summed E-state index contributed by atoms with van der Waals surface area (Å²) in [6.07, 6.45) is 0. The molecular formula is C7H16Cl6O. The van der Waals surface area contributed by atoms with Crippen molar-refractivity contribution in [3.8, 4) is 0 Å². The number of rotatable bonds is 0. The van der Waals surface area contributed by atoms with Gasteiger partial charge in [0.2, 0.25) is 0 Å². The Morgan fingerprint density at radius 1 is 0.429 bits per heavy atom. The Labute approximate surface area is 123 Å². The fourth-order valence-electron chi connectivity index (χ4n) is 0.385. The van der Waals surface area contributed by atoms with E-state index in [1.54, 1.807) is 0 Å². The molecule has 0 aliphatic rings. The summed E-state index contributed by atoms with van der Waals surface area (Å²) < 4.78 is 0. The predicted octanol–water partition coefficient (Wildman–Crippen LogP) is 3.83. The van der Waals surface area contributed by atoms with Gasteiger partial charge in [0.15, 0.2) is 0 Å². The minimum atomic E-state index is 0. The van der Waals surface area contributed by atoms with E-state index in [0.29, 0.717) is 0 Å². The Bertz CT molecular complexity index is 90.1. The topological polar surface area (TPSA) is 20.2 Å². The van der Waals surface area contributed by atoms with Gasteiger partial charge in [0.05, 0.1) is 0 Å². The molecule has 92 valence electrons. The molecule has 1 N–H and O–H groups in total. The maximum absolute atomic E-state index is 7.00. The van der Waals surface area contributed by atoms with Gasteiger partial charge in [-0.15, -0.1) is 74.4 Å². The molecule has 0 heterocycles. The highest BCUT2D eigenvalue weighted by Crippen LogP contribution is 1.79. The van der Waals surface area contributed by atoms with Crippen LogP contribution in [0.3, 0.4) is 0 Å². The summed E-state index contributed by atoms with van der Waals surface area (Å²) in [7, 11) is 1.00. The lowest BCUT2D eigenvalue weighted by Crippen LogP contribution is -1.47. The Morgan fingerprint density at radius 3 is 0.571 bits per heavy atom. The highest BCUT2D eigenvalue weighted by molar-refractivity contribution is 5.86. The first kappa shape index (κ1) is 46.1. The summed E-state index contributed by atoms with van der Waals surface area (Å²) in [6.45, 7) is 0. The molecule has 0 saturated carbocycles. The highest BCUT2D eigenvalue weighted by Gasteiger charge is 1.57. The number of hydrogen-bond acceptors (Lipinski definition) is 1. The second-order valence-electron chi connectivity index (χ2n) is 1.15. The van der Waals surface area contributed by atoms with Gasteiger partial charge < -0.3 is 5.11 Å². The van der Waals surface area contributed by atoms with Crippen LogP contribution in [0.5, 0.6) is 0 Å². The Hall–Kier alpha value is 0.920. The van der Waals surface area contributed by atoms with Crippen molar-refractivity contribution in [2.24, 2.45) is 0 Å². The smallest absolute Gasteiger partial charge is 0.0319 e. The van der Waals surface area contributed by atoms with Gasteiger partial charge in [0.1, 0.15) is 0 Å². The predicted molar refractivity (Wildman–Crippen MR) is 78.1 cm³/mol. The molecule has 1 nitrogen and oxygen atoms in total. The van der Waals surface area contributed by atoms with Crippen LogP contribution in [0.1, 0.15) is 0 Å². The average molecular weight is 329 g/mol. The molecule has 0 aliphatic carbocycles. The lowest BCUT2D eigenvalue weighted by Gasteiger charge is -1.69. The summed E-state index contributed by atoms with van der Waals surface area (Å²) in [5, 5.41) is 7.00. The van der Waals surface area contributed by atoms with Crippen LogP contribution in [0.15, 0.2) is 36.4 Å². The fraction of sp³-hybridized carbons (Fsp3) is 0.143. The van der Waals surface area contributed by atoms with Crippen LogP contribution in [-0.2, 0) is 0 Å². The lowest BCUT2D eigenvalue weighted by molar-refractivity contribution is 0.399. The third kappa shape index (κ3) is 38.3. The Balaban J connectivity index is -0.0000000117. The standard InChI is InChI=1S/C6H6.CH4O.6ClH/c1-2-4-6-5-3-1;1-2;;;;;;/h1-6H;2H,1H3;6*1H. The van der Waals surface area contributed by atoms with E-state index in [1.807, 2.05) is 36.4 Å². The summed E-state index contributed by atoms with van der Waals surface area (Å²) in [4.78, 5) is 0. The summed E-state index contributed by atoms with van der Waals surface area (Å²) in [5.74, 6) is 0. The molecule has 1 aromatic rings. The average Bonchev–Trinajstić information content (AvgIpc) is 1.96. The molecule has 0 spiro atoms. The molecular weight excluding hydrogens is 313 g/mol. The fourth-order valence-corrected chi connectivity index (χ4v) is 0.385. The van der Waals surface area contributed by atoms with E-state index in [2.05, 4.69) is 0 Å². The molecule has 0 unspecified atom stereocenters. The number of aliphatic hydroxyl groups is 1. The van der Waals surface area contributed by atoms with Crippen molar-refractivity contribution in [3.05, 3.63) is 36.4 Å². The maximum Gasteiger partial charge on any atom is 0.0319 e. The minimum absolute atomic E-state index is 0. The third-order valence-electron chi connectivity index (χ3n) is 0.667. The molecule has 14 heavy (non-hydrogen) atoms. The first-order chi connectivity index (χ1) is 4.00. The normalized spacial score (nSPS) is 3.86. The van der Waals surface area contributed by atoms with Crippen molar-refractivity contribution < 1.29 is 5.11 Å². The SMILES string of the molecule is CO.Cl.Cl.Cl.Cl.Cl.Cl.c1ccccc1. The van der Waals surface area contributed by atoms with E-state index < -0.39 is 0 Å². The summed E-state index contributed by atoms with van der Waals surface area (Å²) >= 11 is 0. The minimum Gasteiger partial charge on any atom is -0.400 e. The molecule has 7 heteroatoms. The van der Waals surface area contributed by atoms with Crippen molar-refractivity contribution in [2.45, 2.75) is 0 Å². The molecule has 0 saturated heterocycles. The van der Waals surface area contributed by atoms with E-state index in [4.69, 9.17) is 5.11 Å². The molecule has 1 aromatic carbocycles. The molecule has 0 aromatic heterocycles. The van der Waals surface area contributed by atoms with E-state index in [9.17, 15) is 0 Å². The van der Waals surface area contributed by atoms with E-state index >= 15 is 0 Å². The van der Waals surface area contributed by atoms with Crippen molar-refractivity contribution in [1.29, 1.82) is 0 Å². The first-order valence-electron chi connectivity index (χ1n) is 2.45. The molecule has 0 bridgehead atoms. The molecule has 0 radical (unpaired) electrons. The van der Waals surface area contributed by atoms with Crippen LogP contribution in [0.2, 0.25) is 0 Å². The zero-order valence-corrected chi connectivity index (χ0v) is 12.3. The van der Waals surface area contributed by atoms with E-state index in [-0.39, 0.29) is 74.4 Å². The van der Waals surface area contributed by atoms with Crippen LogP contribution in [0.25, 0.3) is 0 Å². The summed E-state index contributed by atoms with van der Waals surface area (Å²) in [6, 6.07) is 12.0. The van der Waals surface area contributed by atoms with Gasteiger partial charge in [-0.3, -0.25) is 0 Å². The van der Waals surface area contributed by atoms with Crippen LogP contribution < -0.4 is 0 Å². The van der Waals surface area contributed by atoms with Gasteiger partial charge in [-0.1, -0.05) is 36.4 Å². The zero-order valence-electron chi connectivity index (χ0n) is 7.36. The molecule has 1 rings (SSSR count). The monoisotopic (exact) mass is 326 g/mol. The van der Waals surface area contributed by atoms with Gasteiger partial charge in [-0.05, 0) is 0 Å². The van der Waals surface area contributed by atoms with E-state index in [0.717, 1.165) is 7.11 Å². The van der Waals surface area contributed by atoms with Crippen LogP contribution >= 0.6 is 74.4 Å². The van der Waals surface area contributed by atoms with Crippen molar-refractivity contribution in [1.82, 2.24) is 0 Å². The number of benzene rings is 1. The molecule has 0 amide bonds. The lowest BCUT2D eigenvalue weighted by atomic mass is 10.4. The molecule has 0 aliphatic heterocycles. The van der Waals surface area contributed by atoms with E-state index in [1.165, 1.54) is 0 Å². The Morgan fingerprint density at radius 2 is 0.500 bits per heavy atom. The van der Waals surface area contributed by atoms with Crippen LogP contribution in [0.4, 0.5) is 0 Å². The summed E-state index contributed by atoms with van der Waals surface area (Å²) in [5.41, 5.74) is 0. The zero-order chi connectivity index (χ0) is 6.24. The largest absolute Gasteiger partial charge is 0.400 e. The second kappa shape index (κ2) is 48.5. The van der Waals surface area contributed by atoms with Crippen molar-refractivity contribution >= 4 is 74.4 Å². The van der Waals surface area contributed by atoms with Gasteiger partial charge in [0, 0.05) is 7.11 Å². The first-order valence-corrected chi connectivity index (χ1v) is 2.45. The molecule has 0 atom stereocenters. The van der Waals surface area contributed by atoms with Crippen molar-refractivity contribution in [2.75, 3.05) is 7.11 Å². The van der Waals surface area contributed by atoms with Gasteiger partial charge in [-0.25, -0.2) is 0 Å². The quantitative estimate of drug-likeness (QED) is 0.767. The maximum atomic E-state index is 7.00. The van der Waals surface area contributed by atoms with Gasteiger partial charge in [0.25, 0.3) is 0 Å². The molecule has 0 fully saturated rings. The highest BCUT2D eigenvalue weighted by atomic mass is 35.5. The number of halogens is 6. The second-order valence-corrected chi connectivity index (χ2v) is 1.15.